The average Bonchev–Trinajstić information content (AvgIpc) is 2.21. The lowest BCUT2D eigenvalue weighted by molar-refractivity contribution is 0.0505. The molecule has 0 fully saturated rings. The lowest BCUT2D eigenvalue weighted by Crippen LogP contribution is -2.05. The Bertz CT molecular complexity index is 354. The Balaban J connectivity index is 2.91. The molecule has 0 heterocycles. The zero-order valence-corrected chi connectivity index (χ0v) is 9.60. The SMILES string of the molecule is CCCOC(=O)c1cc(Cl)c(O)c(Cl)c1. The van der Waals surface area contributed by atoms with Gasteiger partial charge in [-0.25, -0.2) is 4.79 Å². The number of carbonyl (C=O) groups excluding carboxylic acids is 1. The molecule has 5 heteroatoms. The van der Waals surface area contributed by atoms with Crippen LogP contribution in [0, 0.1) is 0 Å². The van der Waals surface area contributed by atoms with Gasteiger partial charge in [0.05, 0.1) is 22.2 Å². The maximum Gasteiger partial charge on any atom is 0.338 e. The molecule has 82 valence electrons. The minimum Gasteiger partial charge on any atom is -0.505 e. The molecule has 0 saturated carbocycles. The predicted molar refractivity (Wildman–Crippen MR) is 58.7 cm³/mol. The summed E-state index contributed by atoms with van der Waals surface area (Å²) >= 11 is 11.3. The Morgan fingerprint density at radius 2 is 1.93 bits per heavy atom. The van der Waals surface area contributed by atoms with Crippen LogP contribution >= 0.6 is 23.2 Å². The highest BCUT2D eigenvalue weighted by Crippen LogP contribution is 2.32. The molecule has 0 saturated heterocycles. The van der Waals surface area contributed by atoms with Crippen LogP contribution in [0.25, 0.3) is 0 Å². The molecule has 0 radical (unpaired) electrons. The fraction of sp³-hybridized carbons (Fsp3) is 0.300. The Hall–Kier alpha value is -0.930. The van der Waals surface area contributed by atoms with E-state index < -0.39 is 5.97 Å². The topological polar surface area (TPSA) is 46.5 Å². The lowest BCUT2D eigenvalue weighted by atomic mass is 10.2. The van der Waals surface area contributed by atoms with Crippen molar-refractivity contribution >= 4 is 29.2 Å². The molecule has 0 spiro atoms. The van der Waals surface area contributed by atoms with Crippen LogP contribution in [0.15, 0.2) is 12.1 Å². The third-order valence-corrected chi connectivity index (χ3v) is 2.27. The summed E-state index contributed by atoms with van der Waals surface area (Å²) in [5, 5.41) is 9.34. The second-order valence-electron chi connectivity index (χ2n) is 2.92. The summed E-state index contributed by atoms with van der Waals surface area (Å²) in [6.45, 7) is 2.24. The highest BCUT2D eigenvalue weighted by Gasteiger charge is 2.12. The molecular formula is C10H10Cl2O3. The molecule has 0 amide bonds. The van der Waals surface area contributed by atoms with Crippen molar-refractivity contribution in [2.45, 2.75) is 13.3 Å². The molecule has 15 heavy (non-hydrogen) atoms. The number of aromatic hydroxyl groups is 1. The summed E-state index contributed by atoms with van der Waals surface area (Å²) in [5.41, 5.74) is 0.233. The zero-order chi connectivity index (χ0) is 11.4. The zero-order valence-electron chi connectivity index (χ0n) is 8.09. The average molecular weight is 249 g/mol. The van der Waals surface area contributed by atoms with Crippen LogP contribution in [-0.4, -0.2) is 17.7 Å². The van der Waals surface area contributed by atoms with Crippen molar-refractivity contribution in [2.24, 2.45) is 0 Å². The summed E-state index contributed by atoms with van der Waals surface area (Å²) in [6.07, 6.45) is 0.741. The Kier molecular flexibility index (Phi) is 4.24. The summed E-state index contributed by atoms with van der Waals surface area (Å²) in [4.78, 5) is 11.4. The molecule has 3 nitrogen and oxygen atoms in total. The standard InChI is InChI=1S/C10H10Cl2O3/c1-2-3-15-10(14)6-4-7(11)9(13)8(12)5-6/h4-5,13H,2-3H2,1H3. The van der Waals surface area contributed by atoms with Gasteiger partial charge in [0.2, 0.25) is 0 Å². The summed E-state index contributed by atoms with van der Waals surface area (Å²) in [6, 6.07) is 2.64. The molecule has 1 aromatic rings. The monoisotopic (exact) mass is 248 g/mol. The number of halogens is 2. The number of phenolic OH excluding ortho intramolecular Hbond substituents is 1. The van der Waals surface area contributed by atoms with E-state index in [4.69, 9.17) is 27.9 Å². The molecule has 1 N–H and O–H groups in total. The molecule has 0 unspecified atom stereocenters. The van der Waals surface area contributed by atoms with Crippen molar-refractivity contribution in [3.63, 3.8) is 0 Å². The number of benzene rings is 1. The van der Waals surface area contributed by atoms with Crippen LogP contribution < -0.4 is 0 Å². The highest BCUT2D eigenvalue weighted by atomic mass is 35.5. The third-order valence-electron chi connectivity index (χ3n) is 1.69. The first-order chi connectivity index (χ1) is 7.06. The smallest absolute Gasteiger partial charge is 0.338 e. The molecule has 0 bridgehead atoms. The van der Waals surface area contributed by atoms with Crippen molar-refractivity contribution in [1.29, 1.82) is 0 Å². The molecule has 0 aromatic heterocycles. The van der Waals surface area contributed by atoms with Crippen LogP contribution in [0.4, 0.5) is 0 Å². The molecule has 0 aliphatic heterocycles. The van der Waals surface area contributed by atoms with Crippen molar-refractivity contribution in [2.75, 3.05) is 6.61 Å². The van der Waals surface area contributed by atoms with E-state index in [2.05, 4.69) is 0 Å². The number of carbonyl (C=O) groups is 1. The summed E-state index contributed by atoms with van der Waals surface area (Å²) in [5.74, 6) is -0.731. The van der Waals surface area contributed by atoms with E-state index in [0.717, 1.165) is 6.42 Å². The van der Waals surface area contributed by atoms with E-state index in [1.807, 2.05) is 6.92 Å². The summed E-state index contributed by atoms with van der Waals surface area (Å²) < 4.78 is 4.89. The van der Waals surface area contributed by atoms with E-state index in [0.29, 0.717) is 6.61 Å². The number of phenols is 1. The number of hydrogen-bond acceptors (Lipinski definition) is 3. The van der Waals surface area contributed by atoms with Gasteiger partial charge in [-0.05, 0) is 18.6 Å². The number of ether oxygens (including phenoxy) is 1. The second-order valence-corrected chi connectivity index (χ2v) is 3.74. The van der Waals surface area contributed by atoms with Crippen LogP contribution in [0.1, 0.15) is 23.7 Å². The van der Waals surface area contributed by atoms with Gasteiger partial charge in [0.1, 0.15) is 0 Å². The van der Waals surface area contributed by atoms with Gasteiger partial charge in [-0.2, -0.15) is 0 Å². The van der Waals surface area contributed by atoms with Gasteiger partial charge in [-0.3, -0.25) is 0 Å². The molecule has 0 atom stereocenters. The maximum absolute atomic E-state index is 11.4. The van der Waals surface area contributed by atoms with Gasteiger partial charge >= 0.3 is 5.97 Å². The summed E-state index contributed by atoms with van der Waals surface area (Å²) in [7, 11) is 0. The van der Waals surface area contributed by atoms with E-state index >= 15 is 0 Å². The van der Waals surface area contributed by atoms with Crippen molar-refractivity contribution in [3.8, 4) is 5.75 Å². The Morgan fingerprint density at radius 1 is 1.40 bits per heavy atom. The number of rotatable bonds is 3. The Labute approximate surface area is 97.6 Å². The van der Waals surface area contributed by atoms with Gasteiger partial charge in [-0.15, -0.1) is 0 Å². The molecule has 1 rings (SSSR count). The third kappa shape index (κ3) is 3.01. The fourth-order valence-corrected chi connectivity index (χ4v) is 1.45. The Morgan fingerprint density at radius 3 is 2.40 bits per heavy atom. The second kappa shape index (κ2) is 5.24. The van der Waals surface area contributed by atoms with E-state index in [-0.39, 0.29) is 21.4 Å². The minimum atomic E-state index is -0.499. The van der Waals surface area contributed by atoms with Gasteiger partial charge in [0.15, 0.2) is 5.75 Å². The predicted octanol–water partition coefficient (Wildman–Crippen LogP) is 3.27. The molecule has 1 aromatic carbocycles. The van der Waals surface area contributed by atoms with Gasteiger partial charge < -0.3 is 9.84 Å². The largest absolute Gasteiger partial charge is 0.505 e. The maximum atomic E-state index is 11.4. The van der Waals surface area contributed by atoms with Crippen molar-refractivity contribution in [3.05, 3.63) is 27.7 Å². The van der Waals surface area contributed by atoms with E-state index in [1.165, 1.54) is 12.1 Å². The fourth-order valence-electron chi connectivity index (χ4n) is 0.961. The number of hydrogen-bond donors (Lipinski definition) is 1. The molecule has 0 aliphatic carbocycles. The first-order valence-corrected chi connectivity index (χ1v) is 5.17. The first-order valence-electron chi connectivity index (χ1n) is 4.41. The van der Waals surface area contributed by atoms with Crippen molar-refractivity contribution in [1.82, 2.24) is 0 Å². The molecule has 0 aliphatic rings. The minimum absolute atomic E-state index is 0.0333. The van der Waals surface area contributed by atoms with Crippen LogP contribution in [-0.2, 0) is 4.74 Å². The number of esters is 1. The lowest BCUT2D eigenvalue weighted by Gasteiger charge is -2.05. The molecular weight excluding hydrogens is 239 g/mol. The van der Waals surface area contributed by atoms with Crippen molar-refractivity contribution < 1.29 is 14.6 Å². The van der Waals surface area contributed by atoms with Crippen LogP contribution in [0.5, 0.6) is 5.75 Å². The van der Waals surface area contributed by atoms with E-state index in [1.54, 1.807) is 0 Å². The first kappa shape index (κ1) is 12.1. The normalized spacial score (nSPS) is 10.1. The van der Waals surface area contributed by atoms with Gasteiger partial charge in [0.25, 0.3) is 0 Å². The highest BCUT2D eigenvalue weighted by molar-refractivity contribution is 6.37. The quantitative estimate of drug-likeness (QED) is 0.836. The van der Waals surface area contributed by atoms with E-state index in [9.17, 15) is 9.90 Å². The van der Waals surface area contributed by atoms with Gasteiger partial charge in [0, 0.05) is 0 Å². The van der Waals surface area contributed by atoms with Gasteiger partial charge in [-0.1, -0.05) is 30.1 Å². The van der Waals surface area contributed by atoms with Crippen LogP contribution in [0.3, 0.4) is 0 Å². The van der Waals surface area contributed by atoms with Crippen LogP contribution in [0.2, 0.25) is 10.0 Å².